The number of benzene rings is 2. The first-order valence-corrected chi connectivity index (χ1v) is 12.1. The minimum Gasteiger partial charge on any atom is -0.497 e. The Morgan fingerprint density at radius 1 is 1.12 bits per heavy atom. The maximum atomic E-state index is 12.8. The number of anilines is 1. The van der Waals surface area contributed by atoms with E-state index in [-0.39, 0.29) is 11.2 Å². The number of carbonyl (C=O) groups is 1. The fourth-order valence-electron chi connectivity index (χ4n) is 2.97. The second-order valence-electron chi connectivity index (χ2n) is 7.06. The predicted octanol–water partition coefficient (Wildman–Crippen LogP) is 5.04. The summed E-state index contributed by atoms with van der Waals surface area (Å²) >= 11 is 3.11. The number of nitrogens with zero attached hydrogens (tertiary/aromatic N) is 3. The zero-order valence-electron chi connectivity index (χ0n) is 18.9. The fraction of sp³-hybridized carbons (Fsp3) is 0.348. The molecule has 0 aliphatic heterocycles. The van der Waals surface area contributed by atoms with Gasteiger partial charge in [0.05, 0.1) is 30.9 Å². The summed E-state index contributed by atoms with van der Waals surface area (Å²) in [6, 6.07) is 13.7. The quantitative estimate of drug-likeness (QED) is 0.414. The van der Waals surface area contributed by atoms with Crippen LogP contribution in [0.3, 0.4) is 0 Å². The molecule has 0 radical (unpaired) electrons. The second kappa shape index (κ2) is 11.3. The second-order valence-corrected chi connectivity index (χ2v) is 9.42. The molecule has 0 spiro atoms. The van der Waals surface area contributed by atoms with Gasteiger partial charge < -0.3 is 19.4 Å². The van der Waals surface area contributed by atoms with Gasteiger partial charge in [-0.1, -0.05) is 29.5 Å². The molecule has 0 bridgehead atoms. The summed E-state index contributed by atoms with van der Waals surface area (Å²) in [5.41, 5.74) is 1.81. The van der Waals surface area contributed by atoms with E-state index in [0.29, 0.717) is 22.9 Å². The number of aromatic nitrogens is 3. The van der Waals surface area contributed by atoms with Crippen molar-refractivity contribution in [3.05, 3.63) is 53.9 Å². The molecule has 1 atom stereocenters. The Labute approximate surface area is 197 Å². The molecule has 1 amide bonds. The third-order valence-corrected chi connectivity index (χ3v) is 6.90. The van der Waals surface area contributed by atoms with Crippen LogP contribution in [0.5, 0.6) is 11.5 Å². The van der Waals surface area contributed by atoms with Gasteiger partial charge in [0.15, 0.2) is 5.16 Å². The minimum atomic E-state index is -0.377. The summed E-state index contributed by atoms with van der Waals surface area (Å²) in [6.07, 6.45) is 0. The maximum Gasteiger partial charge on any atom is 0.237 e. The van der Waals surface area contributed by atoms with Crippen LogP contribution in [0.15, 0.2) is 52.5 Å². The normalized spacial score (nSPS) is 11.8. The molecule has 0 aliphatic carbocycles. The molecule has 32 heavy (non-hydrogen) atoms. The number of aryl methyl sites for hydroxylation is 1. The summed E-state index contributed by atoms with van der Waals surface area (Å²) in [7, 11) is 3.15. The molecule has 1 aromatic heterocycles. The van der Waals surface area contributed by atoms with Crippen molar-refractivity contribution in [1.82, 2.24) is 14.8 Å². The number of nitrogens with one attached hydrogen (secondary N) is 1. The number of hydrogen-bond acceptors (Lipinski definition) is 7. The van der Waals surface area contributed by atoms with Gasteiger partial charge in [0.2, 0.25) is 5.91 Å². The summed E-state index contributed by atoms with van der Waals surface area (Å²) < 4.78 is 12.7. The van der Waals surface area contributed by atoms with Crippen LogP contribution in [-0.4, -0.2) is 40.1 Å². The molecule has 1 N–H and O–H groups in total. The Bertz CT molecular complexity index is 1050. The van der Waals surface area contributed by atoms with Gasteiger partial charge >= 0.3 is 0 Å². The van der Waals surface area contributed by atoms with Crippen LogP contribution in [0.2, 0.25) is 0 Å². The Morgan fingerprint density at radius 2 is 1.88 bits per heavy atom. The first-order chi connectivity index (χ1) is 15.4. The smallest absolute Gasteiger partial charge is 0.237 e. The molecule has 0 fully saturated rings. The third-order valence-electron chi connectivity index (χ3n) is 4.81. The topological polar surface area (TPSA) is 78.3 Å². The van der Waals surface area contributed by atoms with Gasteiger partial charge in [-0.05, 0) is 45.0 Å². The lowest BCUT2D eigenvalue weighted by Gasteiger charge is -2.15. The number of rotatable bonds is 10. The van der Waals surface area contributed by atoms with Crippen molar-refractivity contribution in [2.45, 2.75) is 48.4 Å². The number of thioether (sulfide) groups is 2. The average Bonchev–Trinajstić information content (AvgIpc) is 3.19. The molecule has 2 aromatic carbocycles. The maximum absolute atomic E-state index is 12.8. The zero-order valence-corrected chi connectivity index (χ0v) is 20.5. The van der Waals surface area contributed by atoms with Gasteiger partial charge in [-0.3, -0.25) is 4.79 Å². The lowest BCUT2D eigenvalue weighted by Crippen LogP contribution is -2.23. The molecule has 3 rings (SSSR count). The Balaban J connectivity index is 1.66. The van der Waals surface area contributed by atoms with Gasteiger partial charge in [-0.15, -0.1) is 22.0 Å². The molecule has 1 heterocycles. The van der Waals surface area contributed by atoms with E-state index in [0.717, 1.165) is 17.5 Å². The van der Waals surface area contributed by atoms with Gasteiger partial charge in [-0.2, -0.15) is 0 Å². The molecule has 0 aliphatic rings. The van der Waals surface area contributed by atoms with Crippen molar-refractivity contribution >= 4 is 35.1 Å². The third kappa shape index (κ3) is 5.98. The summed E-state index contributed by atoms with van der Waals surface area (Å²) in [5.74, 6) is 2.67. The number of carbonyl (C=O) groups excluding carboxylic acids is 1. The highest BCUT2D eigenvalue weighted by Crippen LogP contribution is 2.31. The largest absolute Gasteiger partial charge is 0.497 e. The van der Waals surface area contributed by atoms with Crippen molar-refractivity contribution in [3.63, 3.8) is 0 Å². The van der Waals surface area contributed by atoms with Crippen molar-refractivity contribution in [1.29, 1.82) is 0 Å². The van der Waals surface area contributed by atoms with E-state index in [4.69, 9.17) is 9.47 Å². The SMILES string of the molecule is CCn1c(CSc2ccc(C)cc2)nnc1SC(C)C(=O)Nc1cc(OC)ccc1OC. The lowest BCUT2D eigenvalue weighted by molar-refractivity contribution is -0.115. The van der Waals surface area contributed by atoms with Crippen LogP contribution in [0.25, 0.3) is 0 Å². The lowest BCUT2D eigenvalue weighted by atomic mass is 10.2. The van der Waals surface area contributed by atoms with E-state index in [1.165, 1.54) is 22.2 Å². The number of amides is 1. The van der Waals surface area contributed by atoms with E-state index in [2.05, 4.69) is 58.2 Å². The first kappa shape index (κ1) is 24.0. The van der Waals surface area contributed by atoms with Crippen LogP contribution in [0, 0.1) is 6.92 Å². The first-order valence-electron chi connectivity index (χ1n) is 10.3. The monoisotopic (exact) mass is 472 g/mol. The van der Waals surface area contributed by atoms with Crippen molar-refractivity contribution in [3.8, 4) is 11.5 Å². The Hall–Kier alpha value is -2.65. The highest BCUT2D eigenvalue weighted by molar-refractivity contribution is 8.00. The number of methoxy groups -OCH3 is 2. The predicted molar refractivity (Wildman–Crippen MR) is 130 cm³/mol. The van der Waals surface area contributed by atoms with Crippen molar-refractivity contribution < 1.29 is 14.3 Å². The average molecular weight is 473 g/mol. The summed E-state index contributed by atoms with van der Waals surface area (Å²) in [5, 5.41) is 12.0. The zero-order chi connectivity index (χ0) is 23.1. The Morgan fingerprint density at radius 3 is 2.53 bits per heavy atom. The van der Waals surface area contributed by atoms with Crippen molar-refractivity contribution in [2.24, 2.45) is 0 Å². The highest BCUT2D eigenvalue weighted by Gasteiger charge is 2.21. The molecule has 3 aromatic rings. The molecule has 170 valence electrons. The molecule has 0 saturated carbocycles. The molecule has 7 nitrogen and oxygen atoms in total. The van der Waals surface area contributed by atoms with E-state index in [1.807, 2.05) is 6.92 Å². The molecule has 0 saturated heterocycles. The van der Waals surface area contributed by atoms with E-state index in [1.54, 1.807) is 44.2 Å². The van der Waals surface area contributed by atoms with Crippen LogP contribution >= 0.6 is 23.5 Å². The minimum absolute atomic E-state index is 0.150. The van der Waals surface area contributed by atoms with Crippen molar-refractivity contribution in [2.75, 3.05) is 19.5 Å². The highest BCUT2D eigenvalue weighted by atomic mass is 32.2. The van der Waals surface area contributed by atoms with E-state index in [9.17, 15) is 4.79 Å². The molecular formula is C23H28N4O3S2. The van der Waals surface area contributed by atoms with Crippen LogP contribution < -0.4 is 14.8 Å². The van der Waals surface area contributed by atoms with Crippen LogP contribution in [0.4, 0.5) is 5.69 Å². The molecule has 9 heteroatoms. The van der Waals surface area contributed by atoms with Crippen LogP contribution in [-0.2, 0) is 17.1 Å². The van der Waals surface area contributed by atoms with Gasteiger partial charge in [0, 0.05) is 17.5 Å². The van der Waals surface area contributed by atoms with E-state index < -0.39 is 0 Å². The molecule has 1 unspecified atom stereocenters. The van der Waals surface area contributed by atoms with E-state index >= 15 is 0 Å². The summed E-state index contributed by atoms with van der Waals surface area (Å²) in [6.45, 7) is 6.71. The number of hydrogen-bond donors (Lipinski definition) is 1. The summed E-state index contributed by atoms with van der Waals surface area (Å²) in [4.78, 5) is 14.0. The number of ether oxygens (including phenoxy) is 2. The van der Waals surface area contributed by atoms with Crippen LogP contribution in [0.1, 0.15) is 25.2 Å². The van der Waals surface area contributed by atoms with Gasteiger partial charge in [0.25, 0.3) is 0 Å². The standard InChI is InChI=1S/C23H28N4O3S2/c1-6-27-21(14-31-18-10-7-15(2)8-11-18)25-26-23(27)32-16(3)22(28)24-19-13-17(29-4)9-12-20(19)30-5/h7-13,16H,6,14H2,1-5H3,(H,24,28). The molecular weight excluding hydrogens is 444 g/mol. The van der Waals surface area contributed by atoms with Gasteiger partial charge in [-0.25, -0.2) is 0 Å². The fourth-order valence-corrected chi connectivity index (χ4v) is 4.74. The van der Waals surface area contributed by atoms with Gasteiger partial charge in [0.1, 0.15) is 17.3 Å². The Kier molecular flexibility index (Phi) is 8.46.